The minimum Gasteiger partial charge on any atom is -0.478 e. The third-order valence-corrected chi connectivity index (χ3v) is 4.26. The zero-order chi connectivity index (χ0) is 17.9. The fourth-order valence-electron chi connectivity index (χ4n) is 3.03. The Labute approximate surface area is 150 Å². The summed E-state index contributed by atoms with van der Waals surface area (Å²) in [7, 11) is 0. The minimum absolute atomic E-state index is 0.182. The number of fused-ring (bicyclic) bond motifs is 1. The Morgan fingerprint density at radius 1 is 0.846 bits per heavy atom. The van der Waals surface area contributed by atoms with Crippen molar-refractivity contribution in [3.8, 4) is 11.1 Å². The van der Waals surface area contributed by atoms with Crippen molar-refractivity contribution in [1.29, 1.82) is 0 Å². The van der Waals surface area contributed by atoms with Crippen molar-refractivity contribution in [3.63, 3.8) is 0 Å². The number of aromatic carboxylic acids is 1. The van der Waals surface area contributed by atoms with Crippen LogP contribution in [-0.4, -0.2) is 16.1 Å². The van der Waals surface area contributed by atoms with Crippen LogP contribution in [0.5, 0.6) is 0 Å². The Hall–Kier alpha value is -3.66. The molecule has 0 spiro atoms. The van der Waals surface area contributed by atoms with Crippen LogP contribution in [0.25, 0.3) is 22.0 Å². The van der Waals surface area contributed by atoms with Crippen molar-refractivity contribution in [2.24, 2.45) is 4.99 Å². The number of nitrogens with one attached hydrogen (secondary N) is 1. The summed E-state index contributed by atoms with van der Waals surface area (Å²) < 4.78 is 0. The molecule has 0 saturated heterocycles. The van der Waals surface area contributed by atoms with Gasteiger partial charge in [0.15, 0.2) is 0 Å². The maximum absolute atomic E-state index is 11.5. The predicted octanol–water partition coefficient (Wildman–Crippen LogP) is 4.77. The van der Waals surface area contributed by atoms with Gasteiger partial charge in [-0.3, -0.25) is 0 Å². The smallest absolute Gasteiger partial charge is 0.337 e. The van der Waals surface area contributed by atoms with Gasteiger partial charge in [-0.05, 0) is 23.8 Å². The molecule has 0 atom stereocenters. The van der Waals surface area contributed by atoms with Gasteiger partial charge in [-0.15, -0.1) is 0 Å². The number of para-hydroxylation sites is 1. The normalized spacial score (nSPS) is 11.6. The number of H-pyrrole nitrogens is 1. The molecule has 0 fully saturated rings. The van der Waals surface area contributed by atoms with Crippen molar-refractivity contribution < 1.29 is 9.90 Å². The van der Waals surface area contributed by atoms with Gasteiger partial charge in [0.2, 0.25) is 0 Å². The summed E-state index contributed by atoms with van der Waals surface area (Å²) >= 11 is 0. The molecule has 1 heterocycles. The maximum Gasteiger partial charge on any atom is 0.337 e. The first-order chi connectivity index (χ1) is 12.7. The summed E-state index contributed by atoms with van der Waals surface area (Å²) in [6, 6.07) is 24.7. The largest absolute Gasteiger partial charge is 0.478 e. The molecule has 0 aliphatic carbocycles. The molecule has 26 heavy (non-hydrogen) atoms. The van der Waals surface area contributed by atoms with E-state index in [1.165, 1.54) is 0 Å². The average molecular weight is 340 g/mol. The van der Waals surface area contributed by atoms with E-state index < -0.39 is 5.97 Å². The SMILES string of the molecule is O=C(O)c1ccccc1N=c1ccccc2c(-c3ccccc3)c[nH]c12. The molecule has 0 saturated carbocycles. The fourth-order valence-corrected chi connectivity index (χ4v) is 3.03. The highest BCUT2D eigenvalue weighted by Gasteiger charge is 2.09. The molecule has 0 amide bonds. The number of carboxylic acids is 1. The Bertz CT molecular complexity index is 1160. The lowest BCUT2D eigenvalue weighted by atomic mass is 10.1. The Balaban J connectivity index is 1.99. The van der Waals surface area contributed by atoms with Crippen LogP contribution in [0, 0.1) is 0 Å². The quantitative estimate of drug-likeness (QED) is 0.564. The van der Waals surface area contributed by atoms with Gasteiger partial charge in [-0.2, -0.15) is 0 Å². The summed E-state index contributed by atoms with van der Waals surface area (Å²) in [5.41, 5.74) is 3.68. The topological polar surface area (TPSA) is 65.4 Å². The van der Waals surface area contributed by atoms with Crippen LogP contribution in [0.15, 0.2) is 90.1 Å². The number of benzene rings is 2. The van der Waals surface area contributed by atoms with Crippen molar-refractivity contribution in [2.75, 3.05) is 0 Å². The van der Waals surface area contributed by atoms with E-state index in [4.69, 9.17) is 0 Å². The number of carbonyl (C=O) groups is 1. The van der Waals surface area contributed by atoms with Crippen LogP contribution in [0.2, 0.25) is 0 Å². The lowest BCUT2D eigenvalue weighted by Gasteiger charge is -1.99. The van der Waals surface area contributed by atoms with Crippen LogP contribution in [0.3, 0.4) is 0 Å². The van der Waals surface area contributed by atoms with Crippen LogP contribution < -0.4 is 5.36 Å². The standard InChI is InChI=1S/C22H16N2O2/c25-22(26)17-11-5-6-12-19(17)24-20-13-7-4-10-16-18(14-23-21(16)20)15-8-2-1-3-9-15/h1-14,23H,(H,25,26). The molecule has 2 N–H and O–H groups in total. The van der Waals surface area contributed by atoms with Crippen LogP contribution >= 0.6 is 0 Å². The summed E-state index contributed by atoms with van der Waals surface area (Å²) in [6.45, 7) is 0. The third kappa shape index (κ3) is 2.89. The molecular weight excluding hydrogens is 324 g/mol. The molecule has 0 aliphatic rings. The highest BCUT2D eigenvalue weighted by molar-refractivity contribution is 5.95. The number of hydrogen-bond acceptors (Lipinski definition) is 2. The Morgan fingerprint density at radius 2 is 1.54 bits per heavy atom. The average Bonchev–Trinajstić information content (AvgIpc) is 2.99. The first-order valence-electron chi connectivity index (χ1n) is 8.27. The fraction of sp³-hybridized carbons (Fsp3) is 0. The number of aromatic amines is 1. The minimum atomic E-state index is -0.989. The van der Waals surface area contributed by atoms with Gasteiger partial charge in [0, 0.05) is 17.1 Å². The molecule has 126 valence electrons. The molecule has 0 radical (unpaired) electrons. The molecule has 4 aromatic rings. The van der Waals surface area contributed by atoms with E-state index in [-0.39, 0.29) is 5.56 Å². The molecule has 4 nitrogen and oxygen atoms in total. The summed E-state index contributed by atoms with van der Waals surface area (Å²) in [5, 5.41) is 11.1. The molecule has 0 unspecified atom stereocenters. The number of rotatable bonds is 3. The van der Waals surface area contributed by atoms with Crippen LogP contribution in [0.1, 0.15) is 10.4 Å². The van der Waals surface area contributed by atoms with E-state index in [0.29, 0.717) is 11.0 Å². The monoisotopic (exact) mass is 340 g/mol. The Morgan fingerprint density at radius 3 is 2.35 bits per heavy atom. The van der Waals surface area contributed by atoms with Gasteiger partial charge in [0.05, 0.1) is 22.1 Å². The molecule has 1 aromatic heterocycles. The van der Waals surface area contributed by atoms with E-state index in [0.717, 1.165) is 22.0 Å². The lowest BCUT2D eigenvalue weighted by molar-refractivity contribution is 0.0698. The van der Waals surface area contributed by atoms with E-state index >= 15 is 0 Å². The van der Waals surface area contributed by atoms with Crippen LogP contribution in [-0.2, 0) is 0 Å². The van der Waals surface area contributed by atoms with E-state index in [1.54, 1.807) is 24.3 Å². The number of nitrogens with zero attached hydrogens (tertiary/aromatic N) is 1. The summed E-state index contributed by atoms with van der Waals surface area (Å²) in [6.07, 6.45) is 1.96. The van der Waals surface area contributed by atoms with Gasteiger partial charge < -0.3 is 10.1 Å². The highest BCUT2D eigenvalue weighted by atomic mass is 16.4. The molecule has 4 rings (SSSR count). The van der Waals surface area contributed by atoms with Gasteiger partial charge in [0.1, 0.15) is 0 Å². The molecule has 4 heteroatoms. The number of hydrogen-bond donors (Lipinski definition) is 2. The van der Waals surface area contributed by atoms with E-state index in [1.807, 2.05) is 48.7 Å². The van der Waals surface area contributed by atoms with Crippen molar-refractivity contribution in [1.82, 2.24) is 4.98 Å². The van der Waals surface area contributed by atoms with Crippen LogP contribution in [0.4, 0.5) is 5.69 Å². The zero-order valence-electron chi connectivity index (χ0n) is 13.9. The van der Waals surface area contributed by atoms with Gasteiger partial charge in [-0.25, -0.2) is 9.79 Å². The number of aromatic nitrogens is 1. The van der Waals surface area contributed by atoms with Gasteiger partial charge in [0.25, 0.3) is 0 Å². The summed E-state index contributed by atoms with van der Waals surface area (Å²) in [5.74, 6) is -0.989. The first-order valence-corrected chi connectivity index (χ1v) is 8.27. The molecule has 0 bridgehead atoms. The molecule has 3 aromatic carbocycles. The van der Waals surface area contributed by atoms with Gasteiger partial charge in [-0.1, -0.05) is 60.7 Å². The van der Waals surface area contributed by atoms with Crippen molar-refractivity contribution in [3.05, 3.63) is 96.0 Å². The maximum atomic E-state index is 11.5. The predicted molar refractivity (Wildman–Crippen MR) is 102 cm³/mol. The Kier molecular flexibility index (Phi) is 4.07. The number of carboxylic acid groups (broad SMARTS) is 1. The second-order valence-corrected chi connectivity index (χ2v) is 5.89. The third-order valence-electron chi connectivity index (χ3n) is 4.26. The van der Waals surface area contributed by atoms with Crippen molar-refractivity contribution >= 4 is 22.6 Å². The second-order valence-electron chi connectivity index (χ2n) is 5.89. The second kappa shape index (κ2) is 6.69. The molecular formula is C22H16N2O2. The van der Waals surface area contributed by atoms with Crippen molar-refractivity contribution in [2.45, 2.75) is 0 Å². The zero-order valence-corrected chi connectivity index (χ0v) is 13.9. The molecule has 0 aliphatic heterocycles. The van der Waals surface area contributed by atoms with E-state index in [9.17, 15) is 9.90 Å². The summed E-state index contributed by atoms with van der Waals surface area (Å²) in [4.78, 5) is 19.4. The first kappa shape index (κ1) is 15.8. The highest BCUT2D eigenvalue weighted by Crippen LogP contribution is 2.27. The van der Waals surface area contributed by atoms with E-state index in [2.05, 4.69) is 22.1 Å². The lowest BCUT2D eigenvalue weighted by Crippen LogP contribution is -2.02. The van der Waals surface area contributed by atoms with Gasteiger partial charge >= 0.3 is 5.97 Å².